The maximum absolute atomic E-state index is 12.4. The van der Waals surface area contributed by atoms with Crippen molar-refractivity contribution in [2.45, 2.75) is 38.1 Å². The first-order valence-corrected chi connectivity index (χ1v) is 9.52. The van der Waals surface area contributed by atoms with Crippen LogP contribution < -0.4 is 10.3 Å². The SMILES string of the molecule is O=C(Nc1ccncc1)C1CCC(N(CCc2ccccc2)NCl)CC1. The van der Waals surface area contributed by atoms with E-state index in [9.17, 15) is 4.79 Å². The third-order valence-electron chi connectivity index (χ3n) is 5.05. The monoisotopic (exact) mass is 372 g/mol. The average Bonchev–Trinajstić information content (AvgIpc) is 2.70. The second-order valence-electron chi connectivity index (χ2n) is 6.74. The summed E-state index contributed by atoms with van der Waals surface area (Å²) >= 11 is 5.96. The maximum atomic E-state index is 12.4. The molecule has 0 saturated heterocycles. The van der Waals surface area contributed by atoms with Crippen molar-refractivity contribution < 1.29 is 4.79 Å². The number of carbonyl (C=O) groups is 1. The van der Waals surface area contributed by atoms with Crippen LogP contribution in [0.15, 0.2) is 54.9 Å². The van der Waals surface area contributed by atoms with Gasteiger partial charge in [-0.25, -0.2) is 5.01 Å². The van der Waals surface area contributed by atoms with Crippen LogP contribution in [-0.2, 0) is 11.2 Å². The van der Waals surface area contributed by atoms with Crippen LogP contribution in [0.5, 0.6) is 0 Å². The van der Waals surface area contributed by atoms with E-state index >= 15 is 0 Å². The minimum absolute atomic E-state index is 0.0608. The van der Waals surface area contributed by atoms with Crippen LogP contribution in [0.4, 0.5) is 5.69 Å². The molecule has 6 heteroatoms. The Morgan fingerprint density at radius 1 is 1.08 bits per heavy atom. The molecule has 2 N–H and O–H groups in total. The zero-order valence-corrected chi connectivity index (χ0v) is 15.5. The molecule has 1 saturated carbocycles. The Hall–Kier alpha value is -1.95. The Kier molecular flexibility index (Phi) is 7.00. The summed E-state index contributed by atoms with van der Waals surface area (Å²) in [4.78, 5) is 19.2. The molecule has 1 aromatic heterocycles. The van der Waals surface area contributed by atoms with Gasteiger partial charge >= 0.3 is 0 Å². The van der Waals surface area contributed by atoms with Gasteiger partial charge in [-0.2, -0.15) is 4.94 Å². The number of rotatable bonds is 7. The fourth-order valence-corrected chi connectivity index (χ4v) is 3.74. The van der Waals surface area contributed by atoms with E-state index < -0.39 is 0 Å². The van der Waals surface area contributed by atoms with Crippen molar-refractivity contribution in [2.24, 2.45) is 5.92 Å². The van der Waals surface area contributed by atoms with Gasteiger partial charge in [0, 0.05) is 36.6 Å². The summed E-state index contributed by atoms with van der Waals surface area (Å²) in [5, 5.41) is 5.08. The molecule has 3 rings (SSSR count). The van der Waals surface area contributed by atoms with Gasteiger partial charge in [-0.05, 0) is 61.6 Å². The zero-order chi connectivity index (χ0) is 18.2. The highest BCUT2D eigenvalue weighted by Crippen LogP contribution is 2.28. The second kappa shape index (κ2) is 9.67. The number of carbonyl (C=O) groups excluding carboxylic acids is 1. The lowest BCUT2D eigenvalue weighted by atomic mass is 9.85. The van der Waals surface area contributed by atoms with Gasteiger partial charge in [-0.1, -0.05) is 30.3 Å². The molecule has 1 aliphatic rings. The predicted molar refractivity (Wildman–Crippen MR) is 104 cm³/mol. The summed E-state index contributed by atoms with van der Waals surface area (Å²) in [6.07, 6.45) is 7.99. The van der Waals surface area contributed by atoms with Gasteiger partial charge < -0.3 is 5.32 Å². The molecule has 5 nitrogen and oxygen atoms in total. The van der Waals surface area contributed by atoms with E-state index in [2.05, 4.69) is 44.5 Å². The number of anilines is 1. The number of hydrazine groups is 1. The number of halogens is 1. The van der Waals surface area contributed by atoms with Gasteiger partial charge in [-0.3, -0.25) is 9.78 Å². The summed E-state index contributed by atoms with van der Waals surface area (Å²) in [6.45, 7) is 0.853. The minimum Gasteiger partial charge on any atom is -0.326 e. The summed E-state index contributed by atoms with van der Waals surface area (Å²) in [5.41, 5.74) is 2.11. The fourth-order valence-electron chi connectivity index (χ4n) is 3.52. The lowest BCUT2D eigenvalue weighted by Gasteiger charge is -2.35. The van der Waals surface area contributed by atoms with Gasteiger partial charge in [0.25, 0.3) is 0 Å². The highest BCUT2D eigenvalue weighted by atomic mass is 35.5. The maximum Gasteiger partial charge on any atom is 0.227 e. The molecule has 1 amide bonds. The van der Waals surface area contributed by atoms with Crippen molar-refractivity contribution in [3.8, 4) is 0 Å². The summed E-state index contributed by atoms with van der Waals surface area (Å²) in [5.74, 6) is 0.162. The van der Waals surface area contributed by atoms with Gasteiger partial charge in [0.2, 0.25) is 5.91 Å². The molecule has 138 valence electrons. The number of hydrogen-bond donors (Lipinski definition) is 2. The Morgan fingerprint density at radius 2 is 1.77 bits per heavy atom. The minimum atomic E-state index is 0.0608. The first-order chi connectivity index (χ1) is 12.8. The van der Waals surface area contributed by atoms with E-state index in [0.29, 0.717) is 6.04 Å². The van der Waals surface area contributed by atoms with Crippen LogP contribution >= 0.6 is 11.8 Å². The molecule has 0 unspecified atom stereocenters. The summed E-state index contributed by atoms with van der Waals surface area (Å²) in [6, 6.07) is 14.4. The molecular formula is C20H25ClN4O. The van der Waals surface area contributed by atoms with Crippen LogP contribution in [0.1, 0.15) is 31.2 Å². The lowest BCUT2D eigenvalue weighted by Crippen LogP contribution is -2.45. The Balaban J connectivity index is 1.46. The van der Waals surface area contributed by atoms with Crippen molar-refractivity contribution in [3.63, 3.8) is 0 Å². The number of benzene rings is 1. The lowest BCUT2D eigenvalue weighted by molar-refractivity contribution is -0.121. The van der Waals surface area contributed by atoms with Crippen molar-refractivity contribution >= 4 is 23.4 Å². The quantitative estimate of drug-likeness (QED) is 0.573. The van der Waals surface area contributed by atoms with Crippen LogP contribution in [0.3, 0.4) is 0 Å². The zero-order valence-electron chi connectivity index (χ0n) is 14.8. The van der Waals surface area contributed by atoms with Crippen LogP contribution in [-0.4, -0.2) is 28.5 Å². The number of aromatic nitrogens is 1. The topological polar surface area (TPSA) is 57.3 Å². The van der Waals surface area contributed by atoms with Gasteiger partial charge in [-0.15, -0.1) is 0 Å². The number of nitrogens with zero attached hydrogens (tertiary/aromatic N) is 2. The Bertz CT molecular complexity index is 675. The first kappa shape index (κ1) is 18.8. The molecule has 0 spiro atoms. The molecule has 0 atom stereocenters. The van der Waals surface area contributed by atoms with Crippen molar-refractivity contribution in [1.82, 2.24) is 14.9 Å². The molecule has 1 heterocycles. The standard InChI is InChI=1S/C20H25ClN4O/c21-24-25(15-12-16-4-2-1-3-5-16)19-8-6-17(7-9-19)20(26)23-18-10-13-22-14-11-18/h1-5,10-11,13-14,17,19,24H,6-9,12,15H2,(H,22,23,26). The molecule has 1 fully saturated rings. The molecule has 0 radical (unpaired) electrons. The second-order valence-corrected chi connectivity index (χ2v) is 6.91. The van der Waals surface area contributed by atoms with Gasteiger partial charge in [0.15, 0.2) is 0 Å². The van der Waals surface area contributed by atoms with E-state index in [4.69, 9.17) is 11.8 Å². The van der Waals surface area contributed by atoms with Gasteiger partial charge in [0.1, 0.15) is 0 Å². The van der Waals surface area contributed by atoms with Crippen LogP contribution in [0.25, 0.3) is 0 Å². The summed E-state index contributed by atoms with van der Waals surface area (Å²) in [7, 11) is 0. The number of pyridine rings is 1. The smallest absolute Gasteiger partial charge is 0.227 e. The van der Waals surface area contributed by atoms with E-state index in [1.807, 2.05) is 18.2 Å². The molecule has 0 bridgehead atoms. The van der Waals surface area contributed by atoms with Crippen molar-refractivity contribution in [2.75, 3.05) is 11.9 Å². The number of nitrogens with one attached hydrogen (secondary N) is 2. The highest BCUT2D eigenvalue weighted by molar-refractivity contribution is 6.13. The van der Waals surface area contributed by atoms with Crippen molar-refractivity contribution in [1.29, 1.82) is 0 Å². The van der Waals surface area contributed by atoms with Gasteiger partial charge in [0.05, 0.1) is 0 Å². The van der Waals surface area contributed by atoms with Crippen LogP contribution in [0, 0.1) is 5.92 Å². The fraction of sp³-hybridized carbons (Fsp3) is 0.400. The molecule has 2 aromatic rings. The molecule has 26 heavy (non-hydrogen) atoms. The van der Waals surface area contributed by atoms with Crippen LogP contribution in [0.2, 0.25) is 0 Å². The first-order valence-electron chi connectivity index (χ1n) is 9.14. The normalized spacial score (nSPS) is 20.1. The highest BCUT2D eigenvalue weighted by Gasteiger charge is 2.29. The van der Waals surface area contributed by atoms with E-state index in [0.717, 1.165) is 44.3 Å². The average molecular weight is 373 g/mol. The van der Waals surface area contributed by atoms with E-state index in [1.165, 1.54) is 5.56 Å². The molecule has 1 aromatic carbocycles. The number of hydrogen-bond acceptors (Lipinski definition) is 4. The van der Waals surface area contributed by atoms with E-state index in [1.54, 1.807) is 12.4 Å². The molecule has 1 aliphatic carbocycles. The van der Waals surface area contributed by atoms with Crippen molar-refractivity contribution in [3.05, 3.63) is 60.4 Å². The number of amides is 1. The largest absolute Gasteiger partial charge is 0.326 e. The summed E-state index contributed by atoms with van der Waals surface area (Å²) < 4.78 is 0. The Labute approximate surface area is 159 Å². The Morgan fingerprint density at radius 3 is 2.42 bits per heavy atom. The third kappa shape index (κ3) is 5.27. The molecular weight excluding hydrogens is 348 g/mol. The van der Waals surface area contributed by atoms with E-state index in [-0.39, 0.29) is 11.8 Å². The third-order valence-corrected chi connectivity index (χ3v) is 5.27. The predicted octanol–water partition coefficient (Wildman–Crippen LogP) is 3.78. The molecule has 0 aliphatic heterocycles.